The Kier molecular flexibility index (Phi) is 7.65. The highest BCUT2D eigenvalue weighted by Gasteiger charge is 2.25. The zero-order chi connectivity index (χ0) is 19.9. The lowest BCUT2D eigenvalue weighted by Gasteiger charge is -2.20. The van der Waals surface area contributed by atoms with Crippen molar-refractivity contribution in [3.8, 4) is 5.75 Å². The van der Waals surface area contributed by atoms with Crippen LogP contribution in [0.4, 0.5) is 0 Å². The third-order valence-corrected chi connectivity index (χ3v) is 6.21. The minimum atomic E-state index is -3.75. The monoisotopic (exact) mass is 410 g/mol. The van der Waals surface area contributed by atoms with Crippen molar-refractivity contribution >= 4 is 27.5 Å². The molecule has 0 aliphatic heterocycles. The van der Waals surface area contributed by atoms with Gasteiger partial charge in [-0.1, -0.05) is 30.7 Å². The average molecular weight is 411 g/mol. The lowest BCUT2D eigenvalue weighted by Crippen LogP contribution is -2.41. The molecule has 0 radical (unpaired) electrons. The maximum absolute atomic E-state index is 12.7. The van der Waals surface area contributed by atoms with Crippen molar-refractivity contribution < 1.29 is 17.9 Å². The van der Waals surface area contributed by atoms with E-state index in [9.17, 15) is 13.2 Å². The van der Waals surface area contributed by atoms with Crippen molar-refractivity contribution in [2.45, 2.75) is 18.2 Å². The summed E-state index contributed by atoms with van der Waals surface area (Å²) in [4.78, 5) is 12.3. The summed E-state index contributed by atoms with van der Waals surface area (Å²) in [5, 5.41) is 3.21. The van der Waals surface area contributed by atoms with Gasteiger partial charge in [0.15, 0.2) is 0 Å². The minimum absolute atomic E-state index is 0.111. The number of nitrogens with zero attached hydrogens (tertiary/aromatic N) is 1. The fraction of sp³-hybridized carbons (Fsp3) is 0.316. The summed E-state index contributed by atoms with van der Waals surface area (Å²) in [5.74, 6) is 0.427. The highest BCUT2D eigenvalue weighted by Crippen LogP contribution is 2.18. The summed E-state index contributed by atoms with van der Waals surface area (Å²) in [6.45, 7) is 2.07. The Morgan fingerprint density at radius 2 is 1.74 bits per heavy atom. The summed E-state index contributed by atoms with van der Waals surface area (Å²) < 4.78 is 31.6. The fourth-order valence-corrected chi connectivity index (χ4v) is 4.01. The van der Waals surface area contributed by atoms with Gasteiger partial charge in [0.05, 0.1) is 18.6 Å². The predicted octanol–water partition coefficient (Wildman–Crippen LogP) is 2.72. The van der Waals surface area contributed by atoms with Crippen molar-refractivity contribution in [2.24, 2.45) is 0 Å². The third kappa shape index (κ3) is 5.95. The smallest absolute Gasteiger partial charge is 0.243 e. The van der Waals surface area contributed by atoms with E-state index in [1.54, 1.807) is 14.0 Å². The number of methoxy groups -OCH3 is 1. The van der Waals surface area contributed by atoms with Crippen molar-refractivity contribution in [2.75, 3.05) is 26.7 Å². The molecule has 0 heterocycles. The summed E-state index contributed by atoms with van der Waals surface area (Å²) in [5.41, 5.74) is 1.05. The number of benzene rings is 2. The lowest BCUT2D eigenvalue weighted by molar-refractivity contribution is -0.121. The van der Waals surface area contributed by atoms with Crippen LogP contribution in [0.3, 0.4) is 0 Å². The van der Waals surface area contributed by atoms with Gasteiger partial charge in [0.1, 0.15) is 5.75 Å². The van der Waals surface area contributed by atoms with E-state index in [-0.39, 0.29) is 23.9 Å². The molecular formula is C19H23ClN2O4S. The fourth-order valence-electron chi connectivity index (χ4n) is 2.48. The normalized spacial score (nSPS) is 11.4. The largest absolute Gasteiger partial charge is 0.497 e. The Balaban J connectivity index is 1.90. The molecule has 1 N–H and O–H groups in total. The number of halogens is 1. The second-order valence-corrected chi connectivity index (χ2v) is 8.21. The van der Waals surface area contributed by atoms with E-state index in [1.807, 2.05) is 24.3 Å². The van der Waals surface area contributed by atoms with E-state index in [2.05, 4.69) is 5.32 Å². The molecule has 1 amide bonds. The van der Waals surface area contributed by atoms with E-state index in [4.69, 9.17) is 16.3 Å². The molecule has 0 saturated carbocycles. The van der Waals surface area contributed by atoms with Crippen LogP contribution in [-0.2, 0) is 21.2 Å². The molecule has 6 nitrogen and oxygen atoms in total. The summed E-state index contributed by atoms with van der Waals surface area (Å²) in [7, 11) is -2.14. The van der Waals surface area contributed by atoms with Crippen LogP contribution in [0, 0.1) is 0 Å². The first-order valence-corrected chi connectivity index (χ1v) is 10.3. The van der Waals surface area contributed by atoms with Gasteiger partial charge in [-0.15, -0.1) is 0 Å². The predicted molar refractivity (Wildman–Crippen MR) is 106 cm³/mol. The Labute approximate surface area is 165 Å². The second-order valence-electron chi connectivity index (χ2n) is 5.83. The number of nitrogens with one attached hydrogen (secondary N) is 1. The second kappa shape index (κ2) is 9.73. The van der Waals surface area contributed by atoms with E-state index >= 15 is 0 Å². The van der Waals surface area contributed by atoms with Crippen molar-refractivity contribution in [3.63, 3.8) is 0 Å². The first-order chi connectivity index (χ1) is 12.9. The van der Waals surface area contributed by atoms with Gasteiger partial charge in [0.2, 0.25) is 15.9 Å². The van der Waals surface area contributed by atoms with Crippen LogP contribution < -0.4 is 10.1 Å². The van der Waals surface area contributed by atoms with Gasteiger partial charge in [-0.3, -0.25) is 4.79 Å². The van der Waals surface area contributed by atoms with E-state index in [0.717, 1.165) is 15.6 Å². The first kappa shape index (κ1) is 21.2. The molecule has 0 aliphatic carbocycles. The van der Waals surface area contributed by atoms with Crippen LogP contribution in [0.15, 0.2) is 53.4 Å². The molecule has 8 heteroatoms. The van der Waals surface area contributed by atoms with E-state index in [1.165, 1.54) is 24.3 Å². The van der Waals surface area contributed by atoms with Crippen LogP contribution in [-0.4, -0.2) is 45.4 Å². The molecule has 0 fully saturated rings. The summed E-state index contributed by atoms with van der Waals surface area (Å²) in [6, 6.07) is 13.4. The van der Waals surface area contributed by atoms with Crippen molar-refractivity contribution in [3.05, 3.63) is 59.1 Å². The molecule has 0 bridgehead atoms. The summed E-state index contributed by atoms with van der Waals surface area (Å²) in [6.07, 6.45) is 0.645. The van der Waals surface area contributed by atoms with Gasteiger partial charge in [0, 0.05) is 18.1 Å². The number of likely N-dealkylation sites (N-methyl/N-ethyl adjacent to an activating group) is 1. The highest BCUT2D eigenvalue weighted by molar-refractivity contribution is 7.89. The Morgan fingerprint density at radius 1 is 1.11 bits per heavy atom. The van der Waals surface area contributed by atoms with Crippen molar-refractivity contribution in [1.82, 2.24) is 9.62 Å². The maximum atomic E-state index is 12.7. The summed E-state index contributed by atoms with van der Waals surface area (Å²) >= 11 is 5.80. The zero-order valence-corrected chi connectivity index (χ0v) is 16.9. The molecule has 0 spiro atoms. The van der Waals surface area contributed by atoms with Crippen LogP contribution >= 0.6 is 11.6 Å². The maximum Gasteiger partial charge on any atom is 0.243 e. The van der Waals surface area contributed by atoms with Crippen LogP contribution in [0.2, 0.25) is 5.02 Å². The molecule has 2 aromatic carbocycles. The standard InChI is InChI=1S/C19H23ClN2O4S/c1-3-22(27(24,25)18-10-6-16(20)7-11-18)14-19(23)21-13-12-15-4-8-17(26-2)9-5-15/h4-11H,3,12-14H2,1-2H3,(H,21,23). The van der Waals surface area contributed by atoms with Crippen LogP contribution in [0.25, 0.3) is 0 Å². The first-order valence-electron chi connectivity index (χ1n) is 8.52. The van der Waals surface area contributed by atoms with Gasteiger partial charge in [-0.05, 0) is 48.4 Å². The lowest BCUT2D eigenvalue weighted by atomic mass is 10.1. The number of amides is 1. The molecule has 2 aromatic rings. The third-order valence-electron chi connectivity index (χ3n) is 4.02. The van der Waals surface area contributed by atoms with Gasteiger partial charge in [-0.25, -0.2) is 8.42 Å². The topological polar surface area (TPSA) is 75.7 Å². The molecule has 0 saturated heterocycles. The molecule has 0 atom stereocenters. The number of hydrogen-bond acceptors (Lipinski definition) is 4. The zero-order valence-electron chi connectivity index (χ0n) is 15.3. The molecule has 146 valence electrons. The van der Waals surface area contributed by atoms with Gasteiger partial charge in [0.25, 0.3) is 0 Å². The minimum Gasteiger partial charge on any atom is -0.497 e. The molecule has 0 aromatic heterocycles. The quantitative estimate of drug-likeness (QED) is 0.689. The highest BCUT2D eigenvalue weighted by atomic mass is 35.5. The Bertz CT molecular complexity index is 852. The number of hydrogen-bond donors (Lipinski definition) is 1. The molecule has 0 aliphatic rings. The van der Waals surface area contributed by atoms with Crippen LogP contribution in [0.5, 0.6) is 5.75 Å². The molecule has 27 heavy (non-hydrogen) atoms. The molecular weight excluding hydrogens is 388 g/mol. The number of ether oxygens (including phenoxy) is 1. The van der Waals surface area contributed by atoms with Gasteiger partial charge >= 0.3 is 0 Å². The SMILES string of the molecule is CCN(CC(=O)NCCc1ccc(OC)cc1)S(=O)(=O)c1ccc(Cl)cc1. The van der Waals surface area contributed by atoms with Crippen LogP contribution in [0.1, 0.15) is 12.5 Å². The molecule has 2 rings (SSSR count). The Morgan fingerprint density at radius 3 is 2.30 bits per heavy atom. The number of sulfonamides is 1. The molecule has 0 unspecified atom stereocenters. The number of carbonyl (C=O) groups is 1. The van der Waals surface area contributed by atoms with Gasteiger partial charge in [-0.2, -0.15) is 4.31 Å². The average Bonchev–Trinajstić information content (AvgIpc) is 2.67. The van der Waals surface area contributed by atoms with Crippen molar-refractivity contribution in [1.29, 1.82) is 0 Å². The van der Waals surface area contributed by atoms with E-state index in [0.29, 0.717) is 18.0 Å². The number of carbonyl (C=O) groups excluding carboxylic acids is 1. The van der Waals surface area contributed by atoms with Gasteiger partial charge < -0.3 is 10.1 Å². The van der Waals surface area contributed by atoms with E-state index < -0.39 is 10.0 Å². The number of rotatable bonds is 9. The Hall–Kier alpha value is -2.09.